The first-order chi connectivity index (χ1) is 25.3. The molecule has 1 aliphatic carbocycles. The van der Waals surface area contributed by atoms with Gasteiger partial charge in [0.05, 0.1) is 37.9 Å². The summed E-state index contributed by atoms with van der Waals surface area (Å²) in [4.78, 5) is 39.5. The third kappa shape index (κ3) is 16.1. The Morgan fingerprint density at radius 1 is 1.08 bits per heavy atom. The number of benzene rings is 2. The zero-order chi connectivity index (χ0) is 38.8. The van der Waals surface area contributed by atoms with Gasteiger partial charge in [0.25, 0.3) is 0 Å². The molecule has 3 amide bonds. The summed E-state index contributed by atoms with van der Waals surface area (Å²) in [5, 5.41) is 11.2. The van der Waals surface area contributed by atoms with Gasteiger partial charge in [-0.2, -0.15) is 13.2 Å². The summed E-state index contributed by atoms with van der Waals surface area (Å²) in [7, 11) is 1.17. The minimum atomic E-state index is -4.29. The summed E-state index contributed by atoms with van der Waals surface area (Å²) < 4.78 is 73.4. The van der Waals surface area contributed by atoms with E-state index in [1.807, 2.05) is 35.6 Å². The minimum absolute atomic E-state index is 0.0109. The fourth-order valence-corrected chi connectivity index (χ4v) is 5.34. The van der Waals surface area contributed by atoms with Gasteiger partial charge in [0, 0.05) is 35.5 Å². The van der Waals surface area contributed by atoms with Crippen LogP contribution in [0.15, 0.2) is 67.0 Å². The second-order valence-electron chi connectivity index (χ2n) is 12.4. The van der Waals surface area contributed by atoms with E-state index in [0.717, 1.165) is 36.9 Å². The monoisotopic (exact) mass is 769 g/mol. The number of nitrogens with zero attached hydrogens (tertiary/aromatic N) is 1. The lowest BCUT2D eigenvalue weighted by Crippen LogP contribution is -2.46. The lowest BCUT2D eigenvalue weighted by molar-refractivity contribution is -0.142. The van der Waals surface area contributed by atoms with E-state index in [1.54, 1.807) is 6.07 Å². The molecule has 16 heteroatoms. The van der Waals surface area contributed by atoms with E-state index >= 15 is 0 Å². The molecule has 1 saturated heterocycles. The smallest absolute Gasteiger partial charge is 0.407 e. The van der Waals surface area contributed by atoms with E-state index in [9.17, 15) is 36.3 Å². The Morgan fingerprint density at radius 2 is 1.81 bits per heavy atom. The standard InChI is InChI=1S/C24H30F2N4O4.C7H10F3NO.C6H5Cl/c1-3-17-14-34-18(11-28-17)7-8-19-20(26)12-27-13-22(19)29-23(31)21(30-24(32)33-2)10-15-5-4-6-16(25)9-15;8-7(9,10)4-11-6(12)5-2-1-3-5;7-6-4-2-1-3-5-6/h4-6,9,12-13,17-18,21,28H,3,7-8,10-11,14H2,1-2H3,(H,29,31)(H,30,32);5H,1-4H2,(H,11,12);1-5H/t17-,18-,21+;;/m1../s1. The molecule has 10 nitrogen and oxygen atoms in total. The number of morpholine rings is 1. The van der Waals surface area contributed by atoms with Crippen molar-refractivity contribution in [3.63, 3.8) is 0 Å². The molecule has 0 spiro atoms. The molecule has 3 aromatic rings. The van der Waals surface area contributed by atoms with Crippen molar-refractivity contribution in [1.82, 2.24) is 20.9 Å². The summed E-state index contributed by atoms with van der Waals surface area (Å²) in [5.41, 5.74) is 1.00. The van der Waals surface area contributed by atoms with Crippen LogP contribution in [0.1, 0.15) is 50.2 Å². The van der Waals surface area contributed by atoms with Crippen LogP contribution >= 0.6 is 11.6 Å². The van der Waals surface area contributed by atoms with Gasteiger partial charge in [-0.15, -0.1) is 0 Å². The van der Waals surface area contributed by atoms with Crippen LogP contribution in [0.25, 0.3) is 0 Å². The molecule has 3 atom stereocenters. The zero-order valence-electron chi connectivity index (χ0n) is 29.5. The van der Waals surface area contributed by atoms with Crippen molar-refractivity contribution in [2.45, 2.75) is 76.2 Å². The molecule has 0 unspecified atom stereocenters. The van der Waals surface area contributed by atoms with Crippen molar-refractivity contribution in [2.75, 3.05) is 32.1 Å². The van der Waals surface area contributed by atoms with Gasteiger partial charge in [0.1, 0.15) is 24.2 Å². The molecule has 4 N–H and O–H groups in total. The van der Waals surface area contributed by atoms with Crippen LogP contribution in [-0.4, -0.2) is 74.1 Å². The van der Waals surface area contributed by atoms with Gasteiger partial charge in [0.2, 0.25) is 11.8 Å². The topological polar surface area (TPSA) is 131 Å². The molecule has 1 saturated carbocycles. The fraction of sp³-hybridized carbons (Fsp3) is 0.459. The molecule has 1 aliphatic heterocycles. The van der Waals surface area contributed by atoms with Crippen LogP contribution in [0.3, 0.4) is 0 Å². The van der Waals surface area contributed by atoms with Gasteiger partial charge in [-0.3, -0.25) is 14.6 Å². The Kier molecular flexibility index (Phi) is 17.9. The van der Waals surface area contributed by atoms with Crippen LogP contribution in [0.5, 0.6) is 0 Å². The highest BCUT2D eigenvalue weighted by atomic mass is 35.5. The van der Waals surface area contributed by atoms with E-state index in [0.29, 0.717) is 43.2 Å². The molecule has 2 fully saturated rings. The molecular formula is C37H45ClF5N5O5. The maximum Gasteiger partial charge on any atom is 0.407 e. The first kappa shape index (κ1) is 43.1. The normalized spacial score (nSPS) is 17.4. The average Bonchev–Trinajstić information content (AvgIpc) is 3.10. The maximum absolute atomic E-state index is 14.6. The number of methoxy groups -OCH3 is 1. The van der Waals surface area contributed by atoms with Gasteiger partial charge in [-0.05, 0) is 61.9 Å². The number of alkyl carbamates (subject to hydrolysis) is 1. The van der Waals surface area contributed by atoms with Crippen LogP contribution in [0.4, 0.5) is 32.4 Å². The van der Waals surface area contributed by atoms with E-state index in [1.165, 1.54) is 31.5 Å². The van der Waals surface area contributed by atoms with Gasteiger partial charge >= 0.3 is 12.3 Å². The highest BCUT2D eigenvalue weighted by Gasteiger charge is 2.31. The van der Waals surface area contributed by atoms with Crippen molar-refractivity contribution in [3.8, 4) is 0 Å². The number of hydrogen-bond donors (Lipinski definition) is 4. The van der Waals surface area contributed by atoms with Crippen LogP contribution in [0, 0.1) is 17.6 Å². The third-order valence-corrected chi connectivity index (χ3v) is 8.69. The molecule has 1 aromatic heterocycles. The second-order valence-corrected chi connectivity index (χ2v) is 12.9. The Bertz CT molecular complexity index is 1590. The van der Waals surface area contributed by atoms with Crippen molar-refractivity contribution in [1.29, 1.82) is 0 Å². The summed E-state index contributed by atoms with van der Waals surface area (Å²) in [6, 6.07) is 14.4. The van der Waals surface area contributed by atoms with E-state index in [4.69, 9.17) is 16.3 Å². The molecule has 53 heavy (non-hydrogen) atoms. The minimum Gasteiger partial charge on any atom is -0.453 e. The maximum atomic E-state index is 14.6. The number of carbonyl (C=O) groups excluding carboxylic acids is 3. The Hall–Kier alpha value is -4.34. The zero-order valence-corrected chi connectivity index (χ0v) is 30.2. The summed E-state index contributed by atoms with van der Waals surface area (Å²) in [6.45, 7) is 2.15. The molecule has 2 aromatic carbocycles. The number of carbonyl (C=O) groups is 3. The summed E-state index contributed by atoms with van der Waals surface area (Å²) in [6.07, 6.45) is 1.54. The largest absolute Gasteiger partial charge is 0.453 e. The Labute approximate surface area is 310 Å². The van der Waals surface area contributed by atoms with E-state index in [2.05, 4.69) is 32.6 Å². The van der Waals surface area contributed by atoms with Crippen LogP contribution < -0.4 is 21.3 Å². The molecular weight excluding hydrogens is 725 g/mol. The van der Waals surface area contributed by atoms with E-state index in [-0.39, 0.29) is 24.1 Å². The number of halogens is 6. The Balaban J connectivity index is 0.000000322. The van der Waals surface area contributed by atoms with Crippen molar-refractivity contribution < 1.29 is 45.8 Å². The number of rotatable bonds is 11. The molecule has 0 radical (unpaired) electrons. The number of pyridine rings is 1. The summed E-state index contributed by atoms with van der Waals surface area (Å²) in [5.74, 6) is -2.25. The van der Waals surface area contributed by atoms with Crippen molar-refractivity contribution >= 4 is 35.2 Å². The number of anilines is 1. The number of ether oxygens (including phenoxy) is 2. The van der Waals surface area contributed by atoms with Crippen molar-refractivity contribution in [2.24, 2.45) is 5.92 Å². The second kappa shape index (κ2) is 22.0. The number of hydrogen-bond acceptors (Lipinski definition) is 7. The molecule has 5 rings (SSSR count). The first-order valence-electron chi connectivity index (χ1n) is 17.2. The summed E-state index contributed by atoms with van der Waals surface area (Å²) >= 11 is 5.54. The molecule has 2 aliphatic rings. The Morgan fingerprint density at radius 3 is 2.36 bits per heavy atom. The highest BCUT2D eigenvalue weighted by molar-refractivity contribution is 6.30. The SMILES string of the molecule is CC[C@@H]1CO[C@H](CCc2c(F)cncc2NC(=O)[C@H](Cc2cccc(F)c2)NC(=O)OC)CN1.Clc1ccccc1.O=C(NCC(F)(F)F)C1CCC1. The fourth-order valence-electron chi connectivity index (χ4n) is 5.19. The van der Waals surface area contributed by atoms with Crippen LogP contribution in [0.2, 0.25) is 5.02 Å². The number of nitrogens with one attached hydrogen (secondary N) is 4. The van der Waals surface area contributed by atoms with Crippen molar-refractivity contribution in [3.05, 3.63) is 94.8 Å². The highest BCUT2D eigenvalue weighted by Crippen LogP contribution is 2.26. The number of alkyl halides is 3. The quantitative estimate of drug-likeness (QED) is 0.159. The lowest BCUT2D eigenvalue weighted by Gasteiger charge is -2.30. The van der Waals surface area contributed by atoms with Gasteiger partial charge in [-0.1, -0.05) is 55.3 Å². The predicted molar refractivity (Wildman–Crippen MR) is 190 cm³/mol. The van der Waals surface area contributed by atoms with Crippen LogP contribution in [-0.2, 0) is 31.9 Å². The van der Waals surface area contributed by atoms with Gasteiger partial charge < -0.3 is 30.7 Å². The molecule has 2 heterocycles. The average molecular weight is 770 g/mol. The molecule has 290 valence electrons. The third-order valence-electron chi connectivity index (χ3n) is 8.43. The van der Waals surface area contributed by atoms with Gasteiger partial charge in [-0.25, -0.2) is 13.6 Å². The predicted octanol–water partition coefficient (Wildman–Crippen LogP) is 6.77. The number of amides is 3. The van der Waals surface area contributed by atoms with Gasteiger partial charge in [0.15, 0.2) is 0 Å². The number of aromatic nitrogens is 1. The first-order valence-corrected chi connectivity index (χ1v) is 17.6. The van der Waals surface area contributed by atoms with E-state index < -0.39 is 48.3 Å². The lowest BCUT2D eigenvalue weighted by atomic mass is 9.85. The molecule has 0 bridgehead atoms.